The molecule has 0 saturated heterocycles. The molecule has 1 N–H and O–H groups in total. The fraction of sp³-hybridized carbons (Fsp3) is 0.192. The Balaban J connectivity index is 1.63. The number of nitrogens with zero attached hydrogens (tertiary/aromatic N) is 2. The van der Waals surface area contributed by atoms with Gasteiger partial charge in [0.15, 0.2) is 0 Å². The lowest BCUT2D eigenvalue weighted by Crippen LogP contribution is -2.46. The van der Waals surface area contributed by atoms with E-state index in [-0.39, 0.29) is 24.8 Å². The second-order valence-corrected chi connectivity index (χ2v) is 7.89. The number of hydrogen-bond acceptors (Lipinski definition) is 4. The molecule has 0 unspecified atom stereocenters. The molecular weight excluding hydrogens is 404 g/mol. The third kappa shape index (κ3) is 4.76. The molecule has 6 nitrogen and oxygen atoms in total. The zero-order valence-corrected chi connectivity index (χ0v) is 17.6. The van der Waals surface area contributed by atoms with E-state index in [2.05, 4.69) is 0 Å². The summed E-state index contributed by atoms with van der Waals surface area (Å²) in [5.41, 5.74) is 2.79. The molecule has 0 fully saturated rings. The summed E-state index contributed by atoms with van der Waals surface area (Å²) in [5, 5.41) is 9.63. The van der Waals surface area contributed by atoms with E-state index in [0.29, 0.717) is 24.2 Å². The standard InChI is InChI=1S/C26H24N2O4/c29-24(30)15-21(18-28-25(31)22-13-7-8-14-23(22)26(28)32)27(16-19-9-3-1-4-10-19)17-20-11-5-2-6-12-20/h1-14,21H,15-18H2,(H,29,30)/t21-/m0/s1. The summed E-state index contributed by atoms with van der Waals surface area (Å²) in [6, 6.07) is 25.7. The number of aliphatic carboxylic acids is 1. The fourth-order valence-electron chi connectivity index (χ4n) is 4.08. The van der Waals surface area contributed by atoms with E-state index >= 15 is 0 Å². The summed E-state index contributed by atoms with van der Waals surface area (Å²) in [5.74, 6) is -1.72. The Hall–Kier alpha value is -3.77. The number of rotatable bonds is 9. The number of carboxylic acids is 1. The van der Waals surface area contributed by atoms with E-state index in [4.69, 9.17) is 0 Å². The van der Waals surface area contributed by atoms with Crippen molar-refractivity contribution in [2.45, 2.75) is 25.6 Å². The van der Waals surface area contributed by atoms with Gasteiger partial charge in [-0.05, 0) is 23.3 Å². The predicted octanol–water partition coefficient (Wildman–Crippen LogP) is 3.83. The Bertz CT molecular complexity index is 1040. The van der Waals surface area contributed by atoms with Gasteiger partial charge in [0.1, 0.15) is 0 Å². The van der Waals surface area contributed by atoms with Crippen LogP contribution in [0.4, 0.5) is 0 Å². The zero-order valence-electron chi connectivity index (χ0n) is 17.6. The highest BCUT2D eigenvalue weighted by atomic mass is 16.4. The van der Waals surface area contributed by atoms with Crippen molar-refractivity contribution in [1.82, 2.24) is 9.80 Å². The number of fused-ring (bicyclic) bond motifs is 1. The van der Waals surface area contributed by atoms with Gasteiger partial charge in [-0.3, -0.25) is 24.2 Å². The maximum absolute atomic E-state index is 12.9. The lowest BCUT2D eigenvalue weighted by Gasteiger charge is -2.33. The quantitative estimate of drug-likeness (QED) is 0.524. The van der Waals surface area contributed by atoms with Crippen molar-refractivity contribution in [3.05, 3.63) is 107 Å². The minimum atomic E-state index is -0.974. The Morgan fingerprint density at radius 3 is 1.62 bits per heavy atom. The first-order chi connectivity index (χ1) is 15.5. The molecule has 0 aromatic heterocycles. The minimum Gasteiger partial charge on any atom is -0.481 e. The summed E-state index contributed by atoms with van der Waals surface area (Å²) in [4.78, 5) is 40.8. The van der Waals surface area contributed by atoms with E-state index in [9.17, 15) is 19.5 Å². The molecular formula is C26H24N2O4. The normalized spacial score (nSPS) is 14.0. The summed E-state index contributed by atoms with van der Waals surface area (Å²) >= 11 is 0. The first-order valence-electron chi connectivity index (χ1n) is 10.5. The fourth-order valence-corrected chi connectivity index (χ4v) is 4.08. The molecule has 32 heavy (non-hydrogen) atoms. The number of carbonyl (C=O) groups is 3. The number of amides is 2. The van der Waals surface area contributed by atoms with Crippen LogP contribution in [0.1, 0.15) is 38.3 Å². The largest absolute Gasteiger partial charge is 0.481 e. The van der Waals surface area contributed by atoms with Crippen molar-refractivity contribution < 1.29 is 19.5 Å². The van der Waals surface area contributed by atoms with Crippen LogP contribution in [0.3, 0.4) is 0 Å². The van der Waals surface area contributed by atoms with Gasteiger partial charge in [0.25, 0.3) is 11.8 Å². The van der Waals surface area contributed by atoms with Gasteiger partial charge in [-0.25, -0.2) is 0 Å². The Labute approximate surface area is 186 Å². The van der Waals surface area contributed by atoms with Crippen LogP contribution in [0.2, 0.25) is 0 Å². The molecule has 0 spiro atoms. The van der Waals surface area contributed by atoms with Crippen molar-refractivity contribution in [1.29, 1.82) is 0 Å². The van der Waals surface area contributed by atoms with E-state index in [1.54, 1.807) is 24.3 Å². The topological polar surface area (TPSA) is 77.9 Å². The van der Waals surface area contributed by atoms with Gasteiger partial charge in [-0.1, -0.05) is 72.8 Å². The highest BCUT2D eigenvalue weighted by Gasteiger charge is 2.38. The molecule has 2 amide bonds. The molecule has 6 heteroatoms. The summed E-state index contributed by atoms with van der Waals surface area (Å²) in [7, 11) is 0. The monoisotopic (exact) mass is 428 g/mol. The highest BCUT2D eigenvalue weighted by Crippen LogP contribution is 2.25. The van der Waals surface area contributed by atoms with Crippen LogP contribution in [-0.2, 0) is 17.9 Å². The molecule has 3 aromatic rings. The van der Waals surface area contributed by atoms with Gasteiger partial charge in [-0.2, -0.15) is 0 Å². The lowest BCUT2D eigenvalue weighted by atomic mass is 10.1. The number of carbonyl (C=O) groups excluding carboxylic acids is 2. The molecule has 1 aliphatic heterocycles. The van der Waals surface area contributed by atoms with Gasteiger partial charge in [0.2, 0.25) is 0 Å². The predicted molar refractivity (Wildman–Crippen MR) is 120 cm³/mol. The second kappa shape index (κ2) is 9.58. The third-order valence-corrected chi connectivity index (χ3v) is 5.66. The third-order valence-electron chi connectivity index (χ3n) is 5.66. The van der Waals surface area contributed by atoms with E-state index in [1.807, 2.05) is 65.6 Å². The Morgan fingerprint density at radius 2 is 1.19 bits per heavy atom. The molecule has 1 heterocycles. The van der Waals surface area contributed by atoms with Crippen molar-refractivity contribution >= 4 is 17.8 Å². The number of imide groups is 1. The van der Waals surface area contributed by atoms with Crippen LogP contribution < -0.4 is 0 Å². The van der Waals surface area contributed by atoms with Gasteiger partial charge >= 0.3 is 5.97 Å². The van der Waals surface area contributed by atoms with E-state index in [1.165, 1.54) is 4.90 Å². The van der Waals surface area contributed by atoms with Crippen molar-refractivity contribution in [2.24, 2.45) is 0 Å². The second-order valence-electron chi connectivity index (χ2n) is 7.89. The van der Waals surface area contributed by atoms with Gasteiger partial charge in [0.05, 0.1) is 17.5 Å². The summed E-state index contributed by atoms with van der Waals surface area (Å²) in [6.07, 6.45) is -0.187. The molecule has 0 radical (unpaired) electrons. The summed E-state index contributed by atoms with van der Waals surface area (Å²) < 4.78 is 0. The van der Waals surface area contributed by atoms with Gasteiger partial charge < -0.3 is 5.11 Å². The van der Waals surface area contributed by atoms with E-state index < -0.39 is 12.0 Å². The SMILES string of the molecule is O=C(O)C[C@@H](CN1C(=O)c2ccccc2C1=O)N(Cc1ccccc1)Cc1ccccc1. The van der Waals surface area contributed by atoms with Crippen molar-refractivity contribution in [2.75, 3.05) is 6.54 Å². The zero-order chi connectivity index (χ0) is 22.5. The van der Waals surface area contributed by atoms with E-state index in [0.717, 1.165) is 11.1 Å². The molecule has 0 saturated carbocycles. The maximum atomic E-state index is 12.9. The smallest absolute Gasteiger partial charge is 0.305 e. The van der Waals surface area contributed by atoms with Crippen LogP contribution in [0, 0.1) is 0 Å². The van der Waals surface area contributed by atoms with Gasteiger partial charge in [0, 0.05) is 25.7 Å². The molecule has 1 atom stereocenters. The van der Waals surface area contributed by atoms with Crippen LogP contribution in [0.15, 0.2) is 84.9 Å². The van der Waals surface area contributed by atoms with Crippen LogP contribution in [0.25, 0.3) is 0 Å². The average Bonchev–Trinajstić information content (AvgIpc) is 3.04. The first-order valence-corrected chi connectivity index (χ1v) is 10.5. The van der Waals surface area contributed by atoms with Crippen LogP contribution in [-0.4, -0.2) is 45.3 Å². The number of benzene rings is 3. The molecule has 1 aliphatic rings. The van der Waals surface area contributed by atoms with Gasteiger partial charge in [-0.15, -0.1) is 0 Å². The number of hydrogen-bond donors (Lipinski definition) is 1. The molecule has 4 rings (SSSR count). The summed E-state index contributed by atoms with van der Waals surface area (Å²) in [6.45, 7) is 1.01. The highest BCUT2D eigenvalue weighted by molar-refractivity contribution is 6.21. The van der Waals surface area contributed by atoms with Crippen LogP contribution >= 0.6 is 0 Å². The van der Waals surface area contributed by atoms with Crippen LogP contribution in [0.5, 0.6) is 0 Å². The minimum absolute atomic E-state index is 0.0122. The first kappa shape index (κ1) is 21.5. The maximum Gasteiger partial charge on any atom is 0.305 e. The Morgan fingerprint density at radius 1 is 0.750 bits per heavy atom. The van der Waals surface area contributed by atoms with Crippen molar-refractivity contribution in [3.8, 4) is 0 Å². The molecule has 162 valence electrons. The number of carboxylic acid groups (broad SMARTS) is 1. The molecule has 0 aliphatic carbocycles. The Kier molecular flexibility index (Phi) is 6.42. The molecule has 0 bridgehead atoms. The molecule has 3 aromatic carbocycles. The lowest BCUT2D eigenvalue weighted by molar-refractivity contribution is -0.138. The average molecular weight is 428 g/mol. The van der Waals surface area contributed by atoms with Crippen molar-refractivity contribution in [3.63, 3.8) is 0 Å².